The predicted molar refractivity (Wildman–Crippen MR) is 137 cm³/mol. The molecule has 2 aromatic rings. The van der Waals surface area contributed by atoms with Crippen molar-refractivity contribution in [2.45, 2.75) is 45.2 Å². The molecule has 2 aliphatic heterocycles. The molecule has 2 saturated heterocycles. The average Bonchev–Trinajstić information content (AvgIpc) is 2.87. The van der Waals surface area contributed by atoms with E-state index < -0.39 is 5.67 Å². The SMILES string of the molecule is CC(C)(F)CN1CCC(COc2ccc(-c3ccc(C(=O)N4CCC(CO)CC4)cc3)cc2)CC1. The van der Waals surface area contributed by atoms with Crippen molar-refractivity contribution >= 4 is 5.91 Å². The van der Waals surface area contributed by atoms with Crippen LogP contribution in [0.4, 0.5) is 4.39 Å². The summed E-state index contributed by atoms with van der Waals surface area (Å²) < 4.78 is 19.9. The molecular weight excluding hydrogens is 443 g/mol. The van der Waals surface area contributed by atoms with Crippen LogP contribution < -0.4 is 4.74 Å². The predicted octanol–water partition coefficient (Wildman–Crippen LogP) is 5.04. The van der Waals surface area contributed by atoms with Gasteiger partial charge < -0.3 is 19.6 Å². The number of aliphatic hydroxyl groups excluding tert-OH is 1. The number of alkyl halides is 1. The van der Waals surface area contributed by atoms with Gasteiger partial charge in [0.25, 0.3) is 5.91 Å². The number of hydrogen-bond acceptors (Lipinski definition) is 4. The van der Waals surface area contributed by atoms with Crippen LogP contribution in [0, 0.1) is 11.8 Å². The molecule has 0 aliphatic carbocycles. The third-order valence-electron chi connectivity index (χ3n) is 7.27. The summed E-state index contributed by atoms with van der Waals surface area (Å²) in [6.45, 7) is 7.97. The lowest BCUT2D eigenvalue weighted by Gasteiger charge is -2.34. The molecule has 2 aromatic carbocycles. The number of carbonyl (C=O) groups is 1. The molecule has 0 radical (unpaired) electrons. The largest absolute Gasteiger partial charge is 0.493 e. The Bertz CT molecular complexity index is 939. The fourth-order valence-electron chi connectivity index (χ4n) is 5.11. The average molecular weight is 483 g/mol. The number of benzene rings is 2. The molecule has 0 bridgehead atoms. The normalized spacial score (nSPS) is 18.6. The lowest BCUT2D eigenvalue weighted by atomic mass is 9.96. The van der Waals surface area contributed by atoms with Gasteiger partial charge in [-0.2, -0.15) is 0 Å². The van der Waals surface area contributed by atoms with E-state index in [0.717, 1.165) is 55.6 Å². The first-order valence-corrected chi connectivity index (χ1v) is 13.0. The minimum absolute atomic E-state index is 0.0657. The third kappa shape index (κ3) is 7.28. The Morgan fingerprint density at radius 2 is 1.46 bits per heavy atom. The second kappa shape index (κ2) is 11.5. The number of amides is 1. The second-order valence-corrected chi connectivity index (χ2v) is 10.8. The highest BCUT2D eigenvalue weighted by molar-refractivity contribution is 5.94. The molecule has 0 saturated carbocycles. The molecular formula is C29H39FN2O3. The van der Waals surface area contributed by atoms with E-state index in [2.05, 4.69) is 17.0 Å². The maximum absolute atomic E-state index is 13.9. The van der Waals surface area contributed by atoms with Gasteiger partial charge in [-0.1, -0.05) is 24.3 Å². The topological polar surface area (TPSA) is 53.0 Å². The summed E-state index contributed by atoms with van der Waals surface area (Å²) in [7, 11) is 0. The van der Waals surface area contributed by atoms with Crippen LogP contribution in [-0.4, -0.2) is 72.4 Å². The quantitative estimate of drug-likeness (QED) is 0.573. The summed E-state index contributed by atoms with van der Waals surface area (Å²) in [5.41, 5.74) is 1.72. The van der Waals surface area contributed by atoms with Gasteiger partial charge in [0.15, 0.2) is 0 Å². The van der Waals surface area contributed by atoms with Gasteiger partial charge in [-0.05, 0) is 99.8 Å². The molecule has 0 spiro atoms. The Hall–Kier alpha value is -2.44. The molecule has 2 fully saturated rings. The number of nitrogens with zero attached hydrogens (tertiary/aromatic N) is 2. The van der Waals surface area contributed by atoms with Crippen molar-refractivity contribution in [1.29, 1.82) is 0 Å². The molecule has 5 nitrogen and oxygen atoms in total. The molecule has 4 rings (SSSR count). The van der Waals surface area contributed by atoms with Crippen molar-refractivity contribution in [2.75, 3.05) is 45.9 Å². The first-order chi connectivity index (χ1) is 16.8. The summed E-state index contributed by atoms with van der Waals surface area (Å²) in [6, 6.07) is 15.9. The van der Waals surface area contributed by atoms with E-state index >= 15 is 0 Å². The summed E-state index contributed by atoms with van der Waals surface area (Å²) in [5.74, 6) is 1.75. The van der Waals surface area contributed by atoms with Crippen LogP contribution >= 0.6 is 0 Å². The van der Waals surface area contributed by atoms with Crippen molar-refractivity contribution in [3.05, 3.63) is 54.1 Å². The molecule has 2 heterocycles. The van der Waals surface area contributed by atoms with Gasteiger partial charge >= 0.3 is 0 Å². The number of piperidine rings is 2. The fraction of sp³-hybridized carbons (Fsp3) is 0.552. The van der Waals surface area contributed by atoms with Crippen LogP contribution in [0.1, 0.15) is 49.9 Å². The Kier molecular flexibility index (Phi) is 8.45. The zero-order valence-electron chi connectivity index (χ0n) is 21.1. The standard InChI is InChI=1S/C29H39FN2O3/c1-29(2,30)21-31-15-11-23(12-16-31)20-35-27-9-7-25(8-10-27)24-3-5-26(6-4-24)28(34)32-17-13-22(19-33)14-18-32/h3-10,22-23,33H,11-21H2,1-2H3. The van der Waals surface area contributed by atoms with Gasteiger partial charge in [0.05, 0.1) is 6.61 Å². The molecule has 2 aliphatic rings. The minimum Gasteiger partial charge on any atom is -0.493 e. The smallest absolute Gasteiger partial charge is 0.253 e. The number of aliphatic hydroxyl groups is 1. The van der Waals surface area contributed by atoms with E-state index in [9.17, 15) is 14.3 Å². The second-order valence-electron chi connectivity index (χ2n) is 10.8. The highest BCUT2D eigenvalue weighted by Crippen LogP contribution is 2.26. The number of ether oxygens (including phenoxy) is 1. The number of rotatable bonds is 8. The van der Waals surface area contributed by atoms with Gasteiger partial charge in [0.2, 0.25) is 0 Å². The maximum atomic E-state index is 13.9. The van der Waals surface area contributed by atoms with E-state index in [1.807, 2.05) is 41.3 Å². The lowest BCUT2D eigenvalue weighted by Crippen LogP contribution is -2.41. The van der Waals surface area contributed by atoms with Crippen LogP contribution in [0.5, 0.6) is 5.75 Å². The van der Waals surface area contributed by atoms with E-state index in [4.69, 9.17) is 4.74 Å². The zero-order valence-corrected chi connectivity index (χ0v) is 21.1. The first-order valence-electron chi connectivity index (χ1n) is 13.0. The molecule has 0 atom stereocenters. The molecule has 1 N–H and O–H groups in total. The van der Waals surface area contributed by atoms with E-state index in [0.29, 0.717) is 43.6 Å². The highest BCUT2D eigenvalue weighted by atomic mass is 19.1. The maximum Gasteiger partial charge on any atom is 0.253 e. The van der Waals surface area contributed by atoms with E-state index in [1.54, 1.807) is 13.8 Å². The van der Waals surface area contributed by atoms with Crippen LogP contribution in [0.25, 0.3) is 11.1 Å². The molecule has 0 aromatic heterocycles. The first kappa shape index (κ1) is 25.6. The van der Waals surface area contributed by atoms with Gasteiger partial charge in [0.1, 0.15) is 11.4 Å². The van der Waals surface area contributed by atoms with Crippen LogP contribution in [-0.2, 0) is 0 Å². The fourth-order valence-corrected chi connectivity index (χ4v) is 5.11. The molecule has 190 valence electrons. The molecule has 0 unspecified atom stereocenters. The minimum atomic E-state index is -1.14. The Labute approximate surface area is 208 Å². The van der Waals surface area contributed by atoms with Crippen molar-refractivity contribution in [1.82, 2.24) is 9.80 Å². The van der Waals surface area contributed by atoms with E-state index in [-0.39, 0.29) is 12.5 Å². The van der Waals surface area contributed by atoms with Crippen molar-refractivity contribution in [3.8, 4) is 16.9 Å². The van der Waals surface area contributed by atoms with Gasteiger partial charge in [0, 0.05) is 31.8 Å². The number of likely N-dealkylation sites (tertiary alicyclic amines) is 2. The van der Waals surface area contributed by atoms with Crippen LogP contribution in [0.15, 0.2) is 48.5 Å². The molecule has 6 heteroatoms. The Morgan fingerprint density at radius 3 is 2.00 bits per heavy atom. The highest BCUT2D eigenvalue weighted by Gasteiger charge is 2.26. The van der Waals surface area contributed by atoms with Gasteiger partial charge in [-0.15, -0.1) is 0 Å². The van der Waals surface area contributed by atoms with Crippen LogP contribution in [0.2, 0.25) is 0 Å². The number of halogens is 1. The van der Waals surface area contributed by atoms with E-state index in [1.165, 1.54) is 0 Å². The summed E-state index contributed by atoms with van der Waals surface area (Å²) in [6.07, 6.45) is 3.81. The summed E-state index contributed by atoms with van der Waals surface area (Å²) >= 11 is 0. The lowest BCUT2D eigenvalue weighted by molar-refractivity contribution is 0.0651. The zero-order chi connectivity index (χ0) is 24.8. The summed E-state index contributed by atoms with van der Waals surface area (Å²) in [5, 5.41) is 9.29. The Morgan fingerprint density at radius 1 is 0.914 bits per heavy atom. The monoisotopic (exact) mass is 482 g/mol. The van der Waals surface area contributed by atoms with Crippen molar-refractivity contribution in [3.63, 3.8) is 0 Å². The molecule has 1 amide bonds. The third-order valence-corrected chi connectivity index (χ3v) is 7.27. The van der Waals surface area contributed by atoms with Crippen molar-refractivity contribution in [2.24, 2.45) is 11.8 Å². The number of carbonyl (C=O) groups excluding carboxylic acids is 1. The Balaban J connectivity index is 1.25. The van der Waals surface area contributed by atoms with Gasteiger partial charge in [-0.3, -0.25) is 4.79 Å². The van der Waals surface area contributed by atoms with Crippen LogP contribution in [0.3, 0.4) is 0 Å². The number of hydrogen-bond donors (Lipinski definition) is 1. The van der Waals surface area contributed by atoms with Gasteiger partial charge in [-0.25, -0.2) is 4.39 Å². The summed E-state index contributed by atoms with van der Waals surface area (Å²) in [4.78, 5) is 16.9. The molecule has 35 heavy (non-hydrogen) atoms. The van der Waals surface area contributed by atoms with Crippen molar-refractivity contribution < 1.29 is 19.0 Å².